The van der Waals surface area contributed by atoms with Crippen LogP contribution in [-0.2, 0) is 6.54 Å². The van der Waals surface area contributed by atoms with Crippen molar-refractivity contribution in [3.63, 3.8) is 0 Å². The van der Waals surface area contributed by atoms with E-state index in [1.165, 1.54) is 15.6 Å². The molecule has 0 radical (unpaired) electrons. The van der Waals surface area contributed by atoms with Gasteiger partial charge in [-0.25, -0.2) is 0 Å². The van der Waals surface area contributed by atoms with Crippen LogP contribution in [0.2, 0.25) is 5.02 Å². The first-order chi connectivity index (χ1) is 9.75. The minimum Gasteiger partial charge on any atom is -0.306 e. The van der Waals surface area contributed by atoms with Crippen molar-refractivity contribution in [1.29, 1.82) is 0 Å². The van der Waals surface area contributed by atoms with Gasteiger partial charge in [-0.3, -0.25) is 0 Å². The maximum Gasteiger partial charge on any atom is 0.0453 e. The van der Waals surface area contributed by atoms with Gasteiger partial charge < -0.3 is 5.32 Å². The topological polar surface area (TPSA) is 12.0 Å². The number of hydrogen-bond donors (Lipinski definition) is 1. The van der Waals surface area contributed by atoms with Crippen molar-refractivity contribution in [3.05, 3.63) is 70.1 Å². The van der Waals surface area contributed by atoms with Crippen LogP contribution in [0, 0.1) is 0 Å². The van der Waals surface area contributed by atoms with Gasteiger partial charge in [-0.2, -0.15) is 0 Å². The molecule has 3 heteroatoms. The second-order valence-corrected chi connectivity index (χ2v) is 6.20. The molecular formula is C17H16ClNS. The molecule has 2 aromatic carbocycles. The maximum atomic E-state index is 6.24. The molecule has 3 aromatic rings. The Hall–Kier alpha value is -1.35. The first kappa shape index (κ1) is 13.6. The van der Waals surface area contributed by atoms with Crippen LogP contribution in [-0.4, -0.2) is 0 Å². The maximum absolute atomic E-state index is 6.24. The lowest BCUT2D eigenvalue weighted by atomic mass is 10.1. The average Bonchev–Trinajstić information content (AvgIpc) is 2.88. The molecule has 0 fully saturated rings. The van der Waals surface area contributed by atoms with Crippen molar-refractivity contribution in [1.82, 2.24) is 5.32 Å². The molecule has 20 heavy (non-hydrogen) atoms. The molecule has 0 saturated carbocycles. The number of rotatable bonds is 4. The van der Waals surface area contributed by atoms with E-state index >= 15 is 0 Å². The number of nitrogens with one attached hydrogen (secondary N) is 1. The van der Waals surface area contributed by atoms with Gasteiger partial charge in [0.05, 0.1) is 0 Å². The number of thiophene rings is 1. The molecule has 1 aromatic heterocycles. The lowest BCUT2D eigenvalue weighted by Crippen LogP contribution is -2.18. The van der Waals surface area contributed by atoms with E-state index in [0.29, 0.717) is 0 Å². The predicted molar refractivity (Wildman–Crippen MR) is 88.5 cm³/mol. The Bertz CT molecular complexity index is 720. The molecule has 0 amide bonds. The summed E-state index contributed by atoms with van der Waals surface area (Å²) in [7, 11) is 0. The molecule has 3 rings (SSSR count). The van der Waals surface area contributed by atoms with Gasteiger partial charge in [0.2, 0.25) is 0 Å². The summed E-state index contributed by atoms with van der Waals surface area (Å²) in [4.78, 5) is 0. The van der Waals surface area contributed by atoms with E-state index in [1.54, 1.807) is 11.3 Å². The number of halogens is 1. The van der Waals surface area contributed by atoms with Crippen molar-refractivity contribution < 1.29 is 0 Å². The summed E-state index contributed by atoms with van der Waals surface area (Å²) in [5, 5.41) is 7.96. The highest BCUT2D eigenvalue weighted by Crippen LogP contribution is 2.27. The van der Waals surface area contributed by atoms with Crippen LogP contribution in [0.4, 0.5) is 0 Å². The van der Waals surface area contributed by atoms with Crippen LogP contribution >= 0.6 is 22.9 Å². The molecule has 0 aliphatic heterocycles. The predicted octanol–water partition coefficient (Wildman–Crippen LogP) is 5.41. The van der Waals surface area contributed by atoms with Gasteiger partial charge >= 0.3 is 0 Å². The molecule has 1 atom stereocenters. The smallest absolute Gasteiger partial charge is 0.0453 e. The van der Waals surface area contributed by atoms with Crippen molar-refractivity contribution >= 4 is 33.0 Å². The number of fused-ring (bicyclic) bond motifs is 1. The summed E-state index contributed by atoms with van der Waals surface area (Å²) in [5.41, 5.74) is 2.50. The molecule has 0 bridgehead atoms. The van der Waals surface area contributed by atoms with Crippen molar-refractivity contribution in [3.8, 4) is 0 Å². The molecule has 0 aliphatic carbocycles. The standard InChI is InChI=1S/C17H16ClNS/c1-12(14-6-2-4-8-16(14)18)19-10-13-11-20-17-9-5-3-7-15(13)17/h2-9,11-12,19H,10H2,1H3/t12-/m1/s1. The van der Waals surface area contributed by atoms with Crippen molar-refractivity contribution in [2.75, 3.05) is 0 Å². The van der Waals surface area contributed by atoms with Crippen LogP contribution in [0.5, 0.6) is 0 Å². The summed E-state index contributed by atoms with van der Waals surface area (Å²) >= 11 is 8.04. The Morgan fingerprint density at radius 2 is 1.85 bits per heavy atom. The van der Waals surface area contributed by atoms with E-state index in [-0.39, 0.29) is 6.04 Å². The molecule has 1 N–H and O–H groups in total. The average molecular weight is 302 g/mol. The molecule has 0 aliphatic rings. The Kier molecular flexibility index (Phi) is 4.06. The molecule has 1 heterocycles. The molecule has 0 saturated heterocycles. The lowest BCUT2D eigenvalue weighted by molar-refractivity contribution is 0.577. The van der Waals surface area contributed by atoms with Crippen LogP contribution in [0.25, 0.3) is 10.1 Å². The molecule has 1 nitrogen and oxygen atoms in total. The summed E-state index contributed by atoms with van der Waals surface area (Å²) in [6, 6.07) is 16.8. The zero-order chi connectivity index (χ0) is 13.9. The quantitative estimate of drug-likeness (QED) is 0.680. The first-order valence-electron chi connectivity index (χ1n) is 6.68. The van der Waals surface area contributed by atoms with Crippen LogP contribution in [0.3, 0.4) is 0 Å². The molecular weight excluding hydrogens is 286 g/mol. The minimum absolute atomic E-state index is 0.238. The van der Waals surface area contributed by atoms with Gasteiger partial charge in [0.1, 0.15) is 0 Å². The highest BCUT2D eigenvalue weighted by Gasteiger charge is 2.10. The van der Waals surface area contributed by atoms with E-state index in [0.717, 1.165) is 17.1 Å². The fourth-order valence-corrected chi connectivity index (χ4v) is 3.63. The Morgan fingerprint density at radius 3 is 2.70 bits per heavy atom. The second kappa shape index (κ2) is 5.96. The zero-order valence-corrected chi connectivity index (χ0v) is 12.8. The van der Waals surface area contributed by atoms with Crippen LogP contribution < -0.4 is 5.32 Å². The zero-order valence-electron chi connectivity index (χ0n) is 11.3. The highest BCUT2D eigenvalue weighted by atomic mass is 35.5. The monoisotopic (exact) mass is 301 g/mol. The first-order valence-corrected chi connectivity index (χ1v) is 7.94. The van der Waals surface area contributed by atoms with Gasteiger partial charge in [-0.15, -0.1) is 11.3 Å². The van der Waals surface area contributed by atoms with Gasteiger partial charge in [-0.05, 0) is 40.9 Å². The molecule has 102 valence electrons. The van der Waals surface area contributed by atoms with E-state index < -0.39 is 0 Å². The van der Waals surface area contributed by atoms with Crippen LogP contribution in [0.1, 0.15) is 24.1 Å². The van der Waals surface area contributed by atoms with E-state index in [9.17, 15) is 0 Å². The third-order valence-electron chi connectivity index (χ3n) is 3.53. The van der Waals surface area contributed by atoms with Gasteiger partial charge in [-0.1, -0.05) is 48.0 Å². The largest absolute Gasteiger partial charge is 0.306 e. The Morgan fingerprint density at radius 1 is 1.10 bits per heavy atom. The Labute approximate surface area is 128 Å². The summed E-state index contributed by atoms with van der Waals surface area (Å²) in [6.07, 6.45) is 0. The SMILES string of the molecule is C[C@@H](NCc1csc2ccccc12)c1ccccc1Cl. The normalized spacial score (nSPS) is 12.7. The summed E-state index contributed by atoms with van der Waals surface area (Å²) in [5.74, 6) is 0. The van der Waals surface area contributed by atoms with E-state index in [4.69, 9.17) is 11.6 Å². The van der Waals surface area contributed by atoms with Crippen molar-refractivity contribution in [2.24, 2.45) is 0 Å². The van der Waals surface area contributed by atoms with E-state index in [2.05, 4.69) is 48.0 Å². The second-order valence-electron chi connectivity index (χ2n) is 4.88. The molecule has 0 unspecified atom stereocenters. The fourth-order valence-electron chi connectivity index (χ4n) is 2.37. The highest BCUT2D eigenvalue weighted by molar-refractivity contribution is 7.17. The van der Waals surface area contributed by atoms with E-state index in [1.807, 2.05) is 18.2 Å². The summed E-state index contributed by atoms with van der Waals surface area (Å²) in [6.45, 7) is 3.01. The third-order valence-corrected chi connectivity index (χ3v) is 4.89. The summed E-state index contributed by atoms with van der Waals surface area (Å²) < 4.78 is 1.34. The minimum atomic E-state index is 0.238. The van der Waals surface area contributed by atoms with Gasteiger partial charge in [0, 0.05) is 22.3 Å². The van der Waals surface area contributed by atoms with Crippen LogP contribution in [0.15, 0.2) is 53.9 Å². The third kappa shape index (κ3) is 2.73. The lowest BCUT2D eigenvalue weighted by Gasteiger charge is -2.15. The fraction of sp³-hybridized carbons (Fsp3) is 0.176. The number of benzene rings is 2. The van der Waals surface area contributed by atoms with Gasteiger partial charge in [0.15, 0.2) is 0 Å². The number of hydrogen-bond acceptors (Lipinski definition) is 2. The van der Waals surface area contributed by atoms with Gasteiger partial charge in [0.25, 0.3) is 0 Å². The Balaban J connectivity index is 1.75. The molecule has 0 spiro atoms. The van der Waals surface area contributed by atoms with Crippen molar-refractivity contribution in [2.45, 2.75) is 19.5 Å².